The molecule has 1 fully saturated rings. The summed E-state index contributed by atoms with van der Waals surface area (Å²) in [4.78, 5) is 18.1. The SMILES string of the molecule is O=C(O)c1cncc(OCCC2CC2)n1. The molecule has 80 valence electrons. The lowest BCUT2D eigenvalue weighted by Crippen LogP contribution is -2.05. The number of rotatable bonds is 5. The summed E-state index contributed by atoms with van der Waals surface area (Å²) in [5.41, 5.74) is -0.0843. The average molecular weight is 208 g/mol. The van der Waals surface area contributed by atoms with Gasteiger partial charge in [0, 0.05) is 0 Å². The van der Waals surface area contributed by atoms with Crippen LogP contribution in [0.4, 0.5) is 0 Å². The van der Waals surface area contributed by atoms with E-state index in [2.05, 4.69) is 9.97 Å². The van der Waals surface area contributed by atoms with Gasteiger partial charge in [-0.3, -0.25) is 4.98 Å². The van der Waals surface area contributed by atoms with Crippen LogP contribution >= 0.6 is 0 Å². The molecule has 0 radical (unpaired) electrons. The zero-order chi connectivity index (χ0) is 10.7. The van der Waals surface area contributed by atoms with Crippen molar-refractivity contribution in [2.45, 2.75) is 19.3 Å². The number of carbonyl (C=O) groups is 1. The number of ether oxygens (including phenoxy) is 1. The lowest BCUT2D eigenvalue weighted by Gasteiger charge is -2.03. The number of hydrogen-bond acceptors (Lipinski definition) is 4. The standard InChI is InChI=1S/C10H12N2O3/c13-10(14)8-5-11-6-9(12-8)15-4-3-7-1-2-7/h5-7H,1-4H2,(H,13,14). The monoisotopic (exact) mass is 208 g/mol. The maximum absolute atomic E-state index is 10.6. The lowest BCUT2D eigenvalue weighted by atomic mass is 10.3. The Kier molecular flexibility index (Phi) is 2.80. The Hall–Kier alpha value is -1.65. The molecule has 1 heterocycles. The predicted octanol–water partition coefficient (Wildman–Crippen LogP) is 1.35. The largest absolute Gasteiger partial charge is 0.477 e. The zero-order valence-corrected chi connectivity index (χ0v) is 8.22. The molecule has 1 saturated carbocycles. The van der Waals surface area contributed by atoms with Crippen molar-refractivity contribution in [1.82, 2.24) is 9.97 Å². The first-order chi connectivity index (χ1) is 7.25. The smallest absolute Gasteiger partial charge is 0.356 e. The Morgan fingerprint density at radius 2 is 2.33 bits per heavy atom. The molecule has 0 saturated heterocycles. The maximum Gasteiger partial charge on any atom is 0.356 e. The van der Waals surface area contributed by atoms with Gasteiger partial charge in [-0.25, -0.2) is 9.78 Å². The number of carboxylic acids is 1. The third kappa shape index (κ3) is 2.90. The van der Waals surface area contributed by atoms with Crippen LogP contribution in [0.5, 0.6) is 5.88 Å². The fourth-order valence-corrected chi connectivity index (χ4v) is 1.26. The van der Waals surface area contributed by atoms with Gasteiger partial charge in [-0.05, 0) is 12.3 Å². The highest BCUT2D eigenvalue weighted by atomic mass is 16.5. The van der Waals surface area contributed by atoms with Crippen molar-refractivity contribution in [3.8, 4) is 5.88 Å². The molecule has 0 bridgehead atoms. The fourth-order valence-electron chi connectivity index (χ4n) is 1.26. The van der Waals surface area contributed by atoms with E-state index in [1.165, 1.54) is 25.2 Å². The van der Waals surface area contributed by atoms with Gasteiger partial charge in [0.2, 0.25) is 5.88 Å². The molecule has 5 nitrogen and oxygen atoms in total. The maximum atomic E-state index is 10.6. The molecular weight excluding hydrogens is 196 g/mol. The summed E-state index contributed by atoms with van der Waals surface area (Å²) in [6.45, 7) is 0.586. The van der Waals surface area contributed by atoms with Crippen LogP contribution < -0.4 is 4.74 Å². The molecule has 15 heavy (non-hydrogen) atoms. The van der Waals surface area contributed by atoms with Gasteiger partial charge in [0.1, 0.15) is 0 Å². The number of hydrogen-bond donors (Lipinski definition) is 1. The Labute approximate surface area is 87.1 Å². The second-order valence-electron chi connectivity index (χ2n) is 3.63. The first-order valence-electron chi connectivity index (χ1n) is 4.94. The average Bonchev–Trinajstić information content (AvgIpc) is 3.02. The van der Waals surface area contributed by atoms with Crippen LogP contribution in [0.25, 0.3) is 0 Å². The van der Waals surface area contributed by atoms with Crippen LogP contribution in [0.3, 0.4) is 0 Å². The van der Waals surface area contributed by atoms with Crippen LogP contribution in [0.1, 0.15) is 29.8 Å². The summed E-state index contributed by atoms with van der Waals surface area (Å²) < 4.78 is 5.31. The molecule has 0 aromatic carbocycles. The third-order valence-electron chi connectivity index (χ3n) is 2.30. The number of aromatic nitrogens is 2. The summed E-state index contributed by atoms with van der Waals surface area (Å²) in [6, 6.07) is 0. The number of aromatic carboxylic acids is 1. The molecule has 0 aliphatic heterocycles. The number of carboxylic acid groups (broad SMARTS) is 1. The second kappa shape index (κ2) is 4.25. The van der Waals surface area contributed by atoms with Crippen LogP contribution in [0.2, 0.25) is 0 Å². The van der Waals surface area contributed by atoms with Gasteiger partial charge in [-0.2, -0.15) is 0 Å². The molecule has 1 aliphatic carbocycles. The highest BCUT2D eigenvalue weighted by Crippen LogP contribution is 2.32. The van der Waals surface area contributed by atoms with Gasteiger partial charge in [-0.15, -0.1) is 0 Å². The first kappa shape index (κ1) is 9.89. The molecular formula is C10H12N2O3. The van der Waals surface area contributed by atoms with Gasteiger partial charge < -0.3 is 9.84 Å². The highest BCUT2D eigenvalue weighted by Gasteiger charge is 2.20. The quantitative estimate of drug-likeness (QED) is 0.790. The molecule has 1 aromatic rings. The lowest BCUT2D eigenvalue weighted by molar-refractivity contribution is 0.0688. The summed E-state index contributed by atoms with van der Waals surface area (Å²) in [7, 11) is 0. The fraction of sp³-hybridized carbons (Fsp3) is 0.500. The third-order valence-corrected chi connectivity index (χ3v) is 2.30. The number of nitrogens with zero attached hydrogens (tertiary/aromatic N) is 2. The van der Waals surface area contributed by atoms with Gasteiger partial charge in [0.25, 0.3) is 0 Å². The second-order valence-corrected chi connectivity index (χ2v) is 3.63. The normalized spacial score (nSPS) is 14.9. The van der Waals surface area contributed by atoms with E-state index in [0.29, 0.717) is 6.61 Å². The van der Waals surface area contributed by atoms with Gasteiger partial charge >= 0.3 is 5.97 Å². The van der Waals surface area contributed by atoms with E-state index >= 15 is 0 Å². The van der Waals surface area contributed by atoms with E-state index in [4.69, 9.17) is 9.84 Å². The Bertz CT molecular complexity index is 363. The molecule has 1 aromatic heterocycles. The Balaban J connectivity index is 1.88. The molecule has 1 N–H and O–H groups in total. The summed E-state index contributed by atoms with van der Waals surface area (Å²) in [5, 5.41) is 8.67. The van der Waals surface area contributed by atoms with Crippen molar-refractivity contribution in [2.24, 2.45) is 5.92 Å². The Morgan fingerprint density at radius 1 is 1.53 bits per heavy atom. The highest BCUT2D eigenvalue weighted by molar-refractivity contribution is 5.84. The minimum absolute atomic E-state index is 0.0843. The predicted molar refractivity (Wildman–Crippen MR) is 51.8 cm³/mol. The van der Waals surface area contributed by atoms with Gasteiger partial charge in [0.15, 0.2) is 5.69 Å². The molecule has 2 rings (SSSR count). The van der Waals surface area contributed by atoms with Crippen LogP contribution in [0.15, 0.2) is 12.4 Å². The van der Waals surface area contributed by atoms with Crippen LogP contribution in [0, 0.1) is 5.92 Å². The van der Waals surface area contributed by atoms with Crippen molar-refractivity contribution in [3.05, 3.63) is 18.1 Å². The topological polar surface area (TPSA) is 72.3 Å². The van der Waals surface area contributed by atoms with E-state index < -0.39 is 5.97 Å². The Morgan fingerprint density at radius 3 is 3.00 bits per heavy atom. The minimum atomic E-state index is -1.09. The molecule has 5 heteroatoms. The molecule has 0 unspecified atom stereocenters. The molecule has 0 spiro atoms. The van der Waals surface area contributed by atoms with Crippen molar-refractivity contribution < 1.29 is 14.6 Å². The van der Waals surface area contributed by atoms with Gasteiger partial charge in [0.05, 0.1) is 19.0 Å². The van der Waals surface area contributed by atoms with Gasteiger partial charge in [-0.1, -0.05) is 12.8 Å². The van der Waals surface area contributed by atoms with E-state index in [1.54, 1.807) is 0 Å². The zero-order valence-electron chi connectivity index (χ0n) is 8.22. The van der Waals surface area contributed by atoms with Crippen LogP contribution in [-0.4, -0.2) is 27.7 Å². The molecule has 0 amide bonds. The van der Waals surface area contributed by atoms with E-state index in [9.17, 15) is 4.79 Å². The van der Waals surface area contributed by atoms with Crippen molar-refractivity contribution >= 4 is 5.97 Å². The first-order valence-corrected chi connectivity index (χ1v) is 4.94. The molecule has 0 atom stereocenters. The van der Waals surface area contributed by atoms with Crippen LogP contribution in [-0.2, 0) is 0 Å². The van der Waals surface area contributed by atoms with Crippen molar-refractivity contribution in [3.63, 3.8) is 0 Å². The van der Waals surface area contributed by atoms with E-state index in [-0.39, 0.29) is 11.6 Å². The van der Waals surface area contributed by atoms with E-state index in [1.807, 2.05) is 0 Å². The summed E-state index contributed by atoms with van der Waals surface area (Å²) >= 11 is 0. The molecule has 1 aliphatic rings. The van der Waals surface area contributed by atoms with E-state index in [0.717, 1.165) is 12.3 Å². The minimum Gasteiger partial charge on any atom is -0.477 e. The van der Waals surface area contributed by atoms with Crippen molar-refractivity contribution in [1.29, 1.82) is 0 Å². The summed E-state index contributed by atoms with van der Waals surface area (Å²) in [6.07, 6.45) is 6.21. The summed E-state index contributed by atoms with van der Waals surface area (Å²) in [5.74, 6) is -0.00805. The van der Waals surface area contributed by atoms with Crippen molar-refractivity contribution in [2.75, 3.05) is 6.61 Å².